The van der Waals surface area contributed by atoms with E-state index in [9.17, 15) is 0 Å². The third-order valence-electron chi connectivity index (χ3n) is 6.69. The van der Waals surface area contributed by atoms with Crippen molar-refractivity contribution in [2.45, 2.75) is 77.1 Å². The lowest BCUT2D eigenvalue weighted by atomic mass is 10.0. The van der Waals surface area contributed by atoms with Crippen molar-refractivity contribution in [2.24, 2.45) is 0 Å². The molecule has 4 rings (SSSR count). The second-order valence-electron chi connectivity index (χ2n) is 10.6. The smallest absolute Gasteiger partial charge is 0.124 e. The molecule has 0 aliphatic carbocycles. The van der Waals surface area contributed by atoms with Crippen LogP contribution in [0.15, 0.2) is 97.1 Å². The molecule has 0 aliphatic heterocycles. The fourth-order valence-corrected chi connectivity index (χ4v) is 8.13. The van der Waals surface area contributed by atoms with E-state index in [1.165, 1.54) is 33.4 Å². The Balaban J connectivity index is 1.59. The van der Waals surface area contributed by atoms with Crippen LogP contribution in [0.25, 0.3) is 22.3 Å². The Morgan fingerprint density at radius 1 is 0.500 bits per heavy atom. The predicted octanol–water partition coefficient (Wildman–Crippen LogP) is 11.6. The van der Waals surface area contributed by atoms with E-state index in [4.69, 9.17) is 9.47 Å². The summed E-state index contributed by atoms with van der Waals surface area (Å²) in [5.74, 6) is 1.97. The number of hydrogen-bond donors (Lipinski definition) is 0. The first-order valence-electron chi connectivity index (χ1n) is 14.4. The molecule has 40 heavy (non-hydrogen) atoms. The molecule has 0 aromatic heterocycles. The molecule has 0 heterocycles. The molecule has 210 valence electrons. The van der Waals surface area contributed by atoms with Gasteiger partial charge < -0.3 is 9.47 Å². The van der Waals surface area contributed by atoms with Crippen molar-refractivity contribution in [3.05, 3.63) is 108 Å². The van der Waals surface area contributed by atoms with E-state index in [2.05, 4.69) is 139 Å². The average Bonchev–Trinajstić information content (AvgIpc) is 2.96. The van der Waals surface area contributed by atoms with Gasteiger partial charge in [-0.25, -0.2) is 0 Å². The minimum absolute atomic E-state index is 0.113. The Morgan fingerprint density at radius 3 is 1.20 bits per heavy atom. The second-order valence-corrected chi connectivity index (χ2v) is 13.2. The van der Waals surface area contributed by atoms with Crippen molar-refractivity contribution in [1.29, 1.82) is 0 Å². The summed E-state index contributed by atoms with van der Waals surface area (Å²) in [6, 6.07) is 34.5. The molecule has 0 N–H and O–H groups in total. The van der Waals surface area contributed by atoms with Crippen LogP contribution in [-0.4, -0.2) is 12.2 Å². The highest BCUT2D eigenvalue weighted by Crippen LogP contribution is 2.52. The minimum atomic E-state index is 0.113. The topological polar surface area (TPSA) is 18.5 Å². The summed E-state index contributed by atoms with van der Waals surface area (Å²) in [7, 11) is 3.91. The summed E-state index contributed by atoms with van der Waals surface area (Å²) in [5, 5.41) is 0.631. The van der Waals surface area contributed by atoms with Crippen LogP contribution in [-0.2, 0) is 0 Å². The molecule has 0 saturated carbocycles. The summed E-state index contributed by atoms with van der Waals surface area (Å²) >= 11 is 0. The van der Waals surface area contributed by atoms with Gasteiger partial charge in [0.25, 0.3) is 0 Å². The van der Waals surface area contributed by atoms with Crippen molar-refractivity contribution in [2.75, 3.05) is 0 Å². The molecular formula is C36H42O2S2. The predicted molar refractivity (Wildman–Crippen MR) is 177 cm³/mol. The zero-order valence-electron chi connectivity index (χ0n) is 24.6. The van der Waals surface area contributed by atoms with Crippen LogP contribution in [0.4, 0.5) is 0 Å². The lowest BCUT2D eigenvalue weighted by Crippen LogP contribution is -2.09. The van der Waals surface area contributed by atoms with Crippen LogP contribution in [0.5, 0.6) is 11.5 Å². The van der Waals surface area contributed by atoms with Crippen molar-refractivity contribution >= 4 is 21.6 Å². The Morgan fingerprint density at radius 2 is 0.875 bits per heavy atom. The molecule has 0 spiro atoms. The lowest BCUT2D eigenvalue weighted by Gasteiger charge is -2.25. The van der Waals surface area contributed by atoms with Crippen molar-refractivity contribution in [3.8, 4) is 33.8 Å². The highest BCUT2D eigenvalue weighted by Gasteiger charge is 2.23. The molecule has 4 aromatic rings. The van der Waals surface area contributed by atoms with Crippen molar-refractivity contribution in [3.63, 3.8) is 0 Å². The van der Waals surface area contributed by atoms with Crippen LogP contribution < -0.4 is 9.47 Å². The molecule has 2 atom stereocenters. The molecule has 0 aliphatic rings. The zero-order valence-corrected chi connectivity index (χ0v) is 26.2. The maximum absolute atomic E-state index is 6.38. The van der Waals surface area contributed by atoms with Crippen LogP contribution >= 0.6 is 21.6 Å². The molecule has 4 aromatic carbocycles. The van der Waals surface area contributed by atoms with Crippen LogP contribution in [0.1, 0.15) is 76.0 Å². The van der Waals surface area contributed by atoms with E-state index in [1.807, 2.05) is 21.6 Å². The number of hydrogen-bond acceptors (Lipinski definition) is 4. The van der Waals surface area contributed by atoms with Gasteiger partial charge in [-0.1, -0.05) is 120 Å². The standard InChI is InChI=1S/C36H42O2S2/c1-7-35(31-21-19-29(23-33(31)37-25(3)4)27-15-11-9-12-16-27)39-40-36(8-2)32-22-20-30(24-34(32)38-26(5)6)28-17-13-10-14-18-28/h9-26,35-36H,7-8H2,1-6H3/t35-,36-/m1/s1. The summed E-state index contributed by atoms with van der Waals surface area (Å²) in [6.07, 6.45) is 2.27. The molecule has 0 unspecified atom stereocenters. The van der Waals surface area contributed by atoms with Crippen molar-refractivity contribution in [1.82, 2.24) is 0 Å². The first-order chi connectivity index (χ1) is 19.4. The lowest BCUT2D eigenvalue weighted by molar-refractivity contribution is 0.239. The van der Waals surface area contributed by atoms with E-state index in [1.54, 1.807) is 0 Å². The van der Waals surface area contributed by atoms with Gasteiger partial charge in [0.15, 0.2) is 0 Å². The Hall–Kier alpha value is -2.82. The van der Waals surface area contributed by atoms with Gasteiger partial charge in [0.05, 0.1) is 12.2 Å². The van der Waals surface area contributed by atoms with E-state index >= 15 is 0 Å². The van der Waals surface area contributed by atoms with Crippen molar-refractivity contribution < 1.29 is 9.47 Å². The fourth-order valence-electron chi connectivity index (χ4n) is 4.75. The number of ether oxygens (including phenoxy) is 2. The van der Waals surface area contributed by atoms with E-state index in [0.29, 0.717) is 10.5 Å². The van der Waals surface area contributed by atoms with Gasteiger partial charge in [-0.05, 0) is 74.9 Å². The first-order valence-corrected chi connectivity index (χ1v) is 16.7. The van der Waals surface area contributed by atoms with Crippen LogP contribution in [0, 0.1) is 0 Å². The zero-order chi connectivity index (χ0) is 28.5. The van der Waals surface area contributed by atoms with Crippen LogP contribution in [0.3, 0.4) is 0 Å². The first kappa shape index (κ1) is 30.1. The highest BCUT2D eigenvalue weighted by molar-refractivity contribution is 8.76. The Bertz CT molecular complexity index is 1230. The van der Waals surface area contributed by atoms with Gasteiger partial charge in [0, 0.05) is 21.6 Å². The van der Waals surface area contributed by atoms with Crippen LogP contribution in [0.2, 0.25) is 0 Å². The molecule has 4 heteroatoms. The average molecular weight is 571 g/mol. The van der Waals surface area contributed by atoms with Gasteiger partial charge >= 0.3 is 0 Å². The third kappa shape index (κ3) is 7.89. The Labute approximate surface area is 249 Å². The normalized spacial score (nSPS) is 12.9. The number of benzene rings is 4. The molecule has 0 radical (unpaired) electrons. The summed E-state index contributed by atoms with van der Waals surface area (Å²) in [4.78, 5) is 0. The Kier molecular flexibility index (Phi) is 11.1. The maximum atomic E-state index is 6.38. The third-order valence-corrected chi connectivity index (χ3v) is 10.2. The monoisotopic (exact) mass is 570 g/mol. The van der Waals surface area contributed by atoms with Gasteiger partial charge in [-0.3, -0.25) is 0 Å². The molecule has 0 fully saturated rings. The maximum Gasteiger partial charge on any atom is 0.124 e. The molecule has 0 saturated heterocycles. The SMILES string of the molecule is CC[C@@H](SS[C@H](CC)c1ccc(-c2ccccc2)cc1OC(C)C)c1ccc(-c2ccccc2)cc1OC(C)C. The molecule has 0 bridgehead atoms. The summed E-state index contributed by atoms with van der Waals surface area (Å²) in [5.41, 5.74) is 7.32. The van der Waals surface area contributed by atoms with Gasteiger partial charge in [0.2, 0.25) is 0 Å². The highest BCUT2D eigenvalue weighted by atomic mass is 33.1. The molecular weight excluding hydrogens is 529 g/mol. The second kappa shape index (κ2) is 14.7. The van der Waals surface area contributed by atoms with Gasteiger partial charge in [-0.2, -0.15) is 0 Å². The van der Waals surface area contributed by atoms with E-state index < -0.39 is 0 Å². The summed E-state index contributed by atoms with van der Waals surface area (Å²) < 4.78 is 12.8. The quantitative estimate of drug-likeness (QED) is 0.149. The van der Waals surface area contributed by atoms with E-state index in [-0.39, 0.29) is 12.2 Å². The van der Waals surface area contributed by atoms with E-state index in [0.717, 1.165) is 24.3 Å². The summed E-state index contributed by atoms with van der Waals surface area (Å²) in [6.45, 7) is 12.9. The largest absolute Gasteiger partial charge is 0.491 e. The molecule has 0 amide bonds. The fraction of sp³-hybridized carbons (Fsp3) is 0.333. The number of rotatable bonds is 13. The molecule has 2 nitrogen and oxygen atoms in total. The minimum Gasteiger partial charge on any atom is -0.491 e. The van der Waals surface area contributed by atoms with Gasteiger partial charge in [-0.15, -0.1) is 0 Å². The van der Waals surface area contributed by atoms with Gasteiger partial charge in [0.1, 0.15) is 11.5 Å².